The van der Waals surface area contributed by atoms with E-state index in [0.717, 1.165) is 17.3 Å². The molecule has 0 aromatic heterocycles. The van der Waals surface area contributed by atoms with Crippen LogP contribution in [0.1, 0.15) is 13.8 Å². The van der Waals surface area contributed by atoms with E-state index in [1.807, 2.05) is 13.8 Å². The van der Waals surface area contributed by atoms with Crippen molar-refractivity contribution >= 4 is 11.8 Å². The normalized spacial score (nSPS) is 17.3. The monoisotopic (exact) mass is 146 g/mol. The Hall–Kier alpha value is -0.150. The SMILES string of the molecule is C=C1NNCCS1.CC. The summed E-state index contributed by atoms with van der Waals surface area (Å²) in [6.45, 7) is 8.73. The van der Waals surface area contributed by atoms with Crippen molar-refractivity contribution in [2.24, 2.45) is 0 Å². The minimum atomic E-state index is 1.02. The second kappa shape index (κ2) is 5.98. The summed E-state index contributed by atoms with van der Waals surface area (Å²) in [4.78, 5) is 0. The average molecular weight is 146 g/mol. The minimum absolute atomic E-state index is 1.02. The van der Waals surface area contributed by atoms with E-state index >= 15 is 0 Å². The summed E-state index contributed by atoms with van der Waals surface area (Å²) in [5, 5.41) is 1.02. The highest BCUT2D eigenvalue weighted by molar-refractivity contribution is 8.03. The Bertz CT molecular complexity index is 75.1. The zero-order valence-electron chi connectivity index (χ0n) is 6.03. The second-order valence-corrected chi connectivity index (χ2v) is 2.51. The summed E-state index contributed by atoms with van der Waals surface area (Å²) in [5.74, 6) is 1.13. The molecule has 0 saturated carbocycles. The van der Waals surface area contributed by atoms with Crippen molar-refractivity contribution in [3.63, 3.8) is 0 Å². The molecule has 1 heterocycles. The summed E-state index contributed by atoms with van der Waals surface area (Å²) in [6, 6.07) is 0. The van der Waals surface area contributed by atoms with Crippen LogP contribution in [-0.4, -0.2) is 12.3 Å². The van der Waals surface area contributed by atoms with Crippen LogP contribution in [0, 0.1) is 0 Å². The van der Waals surface area contributed by atoms with Gasteiger partial charge < -0.3 is 5.43 Å². The van der Waals surface area contributed by atoms with E-state index in [4.69, 9.17) is 0 Å². The van der Waals surface area contributed by atoms with Crippen molar-refractivity contribution in [3.05, 3.63) is 11.6 Å². The highest BCUT2D eigenvalue weighted by Crippen LogP contribution is 2.09. The van der Waals surface area contributed by atoms with Crippen LogP contribution < -0.4 is 10.9 Å². The van der Waals surface area contributed by atoms with Crippen molar-refractivity contribution in [3.8, 4) is 0 Å². The lowest BCUT2D eigenvalue weighted by Crippen LogP contribution is -2.35. The first-order chi connectivity index (χ1) is 4.39. The molecule has 0 bridgehead atoms. The number of hydrazine groups is 1. The zero-order chi connectivity index (χ0) is 7.11. The molecule has 9 heavy (non-hydrogen) atoms. The molecule has 0 spiro atoms. The topological polar surface area (TPSA) is 24.1 Å². The first-order valence-electron chi connectivity index (χ1n) is 3.20. The molecule has 1 aliphatic heterocycles. The lowest BCUT2D eigenvalue weighted by molar-refractivity contribution is 0.641. The molecule has 1 rings (SSSR count). The van der Waals surface area contributed by atoms with Gasteiger partial charge in [-0.2, -0.15) is 0 Å². The molecule has 3 heteroatoms. The van der Waals surface area contributed by atoms with Gasteiger partial charge in [0.05, 0.1) is 5.03 Å². The molecule has 0 atom stereocenters. The molecule has 2 nitrogen and oxygen atoms in total. The van der Waals surface area contributed by atoms with E-state index in [1.54, 1.807) is 11.8 Å². The van der Waals surface area contributed by atoms with E-state index in [9.17, 15) is 0 Å². The molecule has 1 saturated heterocycles. The van der Waals surface area contributed by atoms with Crippen LogP contribution in [0.2, 0.25) is 0 Å². The number of nitrogens with one attached hydrogen (secondary N) is 2. The van der Waals surface area contributed by atoms with E-state index in [1.165, 1.54) is 0 Å². The highest BCUT2D eigenvalue weighted by Gasteiger charge is 1.97. The van der Waals surface area contributed by atoms with Crippen LogP contribution in [0.15, 0.2) is 11.6 Å². The van der Waals surface area contributed by atoms with Gasteiger partial charge in [-0.25, -0.2) is 5.43 Å². The van der Waals surface area contributed by atoms with Crippen LogP contribution in [0.3, 0.4) is 0 Å². The maximum Gasteiger partial charge on any atom is 0.0751 e. The molecule has 0 aromatic carbocycles. The van der Waals surface area contributed by atoms with Crippen LogP contribution in [0.4, 0.5) is 0 Å². The van der Waals surface area contributed by atoms with E-state index < -0.39 is 0 Å². The predicted octanol–water partition coefficient (Wildman–Crippen LogP) is 1.32. The third-order valence-electron chi connectivity index (χ3n) is 0.731. The fraction of sp³-hybridized carbons (Fsp3) is 0.667. The molecule has 0 radical (unpaired) electrons. The first kappa shape index (κ1) is 8.85. The van der Waals surface area contributed by atoms with Gasteiger partial charge in [-0.05, 0) is 0 Å². The quantitative estimate of drug-likeness (QED) is 0.539. The lowest BCUT2D eigenvalue weighted by atomic mass is 10.8. The van der Waals surface area contributed by atoms with Gasteiger partial charge in [-0.3, -0.25) is 0 Å². The molecule has 0 aromatic rings. The maximum atomic E-state index is 3.70. The fourth-order valence-corrected chi connectivity index (χ4v) is 1.02. The van der Waals surface area contributed by atoms with Gasteiger partial charge in [-0.1, -0.05) is 20.4 Å². The van der Waals surface area contributed by atoms with Gasteiger partial charge in [0.25, 0.3) is 0 Å². The van der Waals surface area contributed by atoms with Gasteiger partial charge >= 0.3 is 0 Å². The van der Waals surface area contributed by atoms with E-state index in [0.29, 0.717) is 0 Å². The number of hydrogen-bond donors (Lipinski definition) is 2. The van der Waals surface area contributed by atoms with Crippen molar-refractivity contribution in [2.75, 3.05) is 12.3 Å². The number of thioether (sulfide) groups is 1. The number of hydrogen-bond acceptors (Lipinski definition) is 3. The Labute approximate surface area is 61.1 Å². The summed E-state index contributed by atoms with van der Waals surface area (Å²) >= 11 is 1.75. The molecule has 0 unspecified atom stereocenters. The highest BCUT2D eigenvalue weighted by atomic mass is 32.2. The summed E-state index contributed by atoms with van der Waals surface area (Å²) in [7, 11) is 0. The van der Waals surface area contributed by atoms with Gasteiger partial charge in [0.1, 0.15) is 0 Å². The van der Waals surface area contributed by atoms with E-state index in [-0.39, 0.29) is 0 Å². The third-order valence-corrected chi connectivity index (χ3v) is 1.59. The molecule has 0 aliphatic carbocycles. The largest absolute Gasteiger partial charge is 0.316 e. The molecule has 1 fully saturated rings. The predicted molar refractivity (Wildman–Crippen MR) is 44.1 cm³/mol. The maximum absolute atomic E-state index is 3.70. The lowest BCUT2D eigenvalue weighted by Gasteiger charge is -2.14. The fourth-order valence-electron chi connectivity index (χ4n) is 0.422. The molecule has 2 N–H and O–H groups in total. The molecule has 54 valence electrons. The molecular formula is C6H14N2S. The Balaban J connectivity index is 0.000000291. The van der Waals surface area contributed by atoms with Crippen LogP contribution >= 0.6 is 11.8 Å². The van der Waals surface area contributed by atoms with Crippen LogP contribution in [-0.2, 0) is 0 Å². The third kappa shape index (κ3) is 4.36. The standard InChI is InChI=1S/C4H8N2S.C2H6/c1-4-6-5-2-3-7-4;1-2/h5-6H,1-3H2;1-2H3. The molecule has 1 aliphatic rings. The van der Waals surface area contributed by atoms with Gasteiger partial charge in [0.15, 0.2) is 0 Å². The van der Waals surface area contributed by atoms with E-state index in [2.05, 4.69) is 17.4 Å². The molecular weight excluding hydrogens is 132 g/mol. The van der Waals surface area contributed by atoms with Crippen molar-refractivity contribution in [2.45, 2.75) is 13.8 Å². The summed E-state index contributed by atoms with van der Waals surface area (Å²) in [5.41, 5.74) is 5.86. The molecule has 0 amide bonds. The average Bonchev–Trinajstić information content (AvgIpc) is 1.94. The Morgan fingerprint density at radius 1 is 1.56 bits per heavy atom. The minimum Gasteiger partial charge on any atom is -0.316 e. The van der Waals surface area contributed by atoms with Crippen molar-refractivity contribution < 1.29 is 0 Å². The second-order valence-electron chi connectivity index (χ2n) is 1.32. The zero-order valence-corrected chi connectivity index (χ0v) is 6.85. The number of rotatable bonds is 0. The van der Waals surface area contributed by atoms with Crippen LogP contribution in [0.25, 0.3) is 0 Å². The van der Waals surface area contributed by atoms with Gasteiger partial charge in [-0.15, -0.1) is 11.8 Å². The van der Waals surface area contributed by atoms with Crippen molar-refractivity contribution in [1.29, 1.82) is 0 Å². The summed E-state index contributed by atoms with van der Waals surface area (Å²) < 4.78 is 0. The van der Waals surface area contributed by atoms with Gasteiger partial charge in [0, 0.05) is 12.3 Å². The Morgan fingerprint density at radius 2 is 2.22 bits per heavy atom. The first-order valence-corrected chi connectivity index (χ1v) is 4.19. The van der Waals surface area contributed by atoms with Crippen LogP contribution in [0.5, 0.6) is 0 Å². The van der Waals surface area contributed by atoms with Gasteiger partial charge in [0.2, 0.25) is 0 Å². The Morgan fingerprint density at radius 3 is 2.44 bits per heavy atom. The Kier molecular flexibility index (Phi) is 5.88. The van der Waals surface area contributed by atoms with Crippen molar-refractivity contribution in [1.82, 2.24) is 10.9 Å². The smallest absolute Gasteiger partial charge is 0.0751 e. The summed E-state index contributed by atoms with van der Waals surface area (Å²) in [6.07, 6.45) is 0.